The van der Waals surface area contributed by atoms with Crippen molar-refractivity contribution in [3.63, 3.8) is 0 Å². The van der Waals surface area contributed by atoms with Crippen molar-refractivity contribution in [1.82, 2.24) is 0 Å². The van der Waals surface area contributed by atoms with Crippen LogP contribution in [0.1, 0.15) is 45.9 Å². The van der Waals surface area contributed by atoms with Crippen LogP contribution in [0.25, 0.3) is 55.3 Å². The Balaban J connectivity index is 1.08. The fraction of sp³-hybridized carbons (Fsp3) is 0.0476. The van der Waals surface area contributed by atoms with E-state index in [2.05, 4.69) is 242 Å². The topological polar surface area (TPSA) is 16.4 Å². The second kappa shape index (κ2) is 14.4. The molecule has 0 aliphatic heterocycles. The number of nitrogens with zero attached hydrogens (tertiary/aromatic N) is 1. The Morgan fingerprint density at radius 2 is 0.923 bits per heavy atom. The van der Waals surface area contributed by atoms with Gasteiger partial charge in [-0.15, -0.1) is 0 Å². The molecule has 1 heterocycles. The number of para-hydroxylation sites is 1. The molecule has 0 bridgehead atoms. The highest BCUT2D eigenvalue weighted by Gasteiger charge is 2.47. The van der Waals surface area contributed by atoms with E-state index < -0.39 is 5.41 Å². The van der Waals surface area contributed by atoms with E-state index >= 15 is 0 Å². The van der Waals surface area contributed by atoms with Crippen molar-refractivity contribution in [2.24, 2.45) is 0 Å². The van der Waals surface area contributed by atoms with Gasteiger partial charge in [-0.05, 0) is 122 Å². The normalized spacial score (nSPS) is 15.3. The highest BCUT2D eigenvalue weighted by atomic mass is 16.3. The quantitative estimate of drug-likeness (QED) is 0.159. The minimum atomic E-state index is -0.533. The number of rotatable bonds is 7. The number of hydrogen-bond donors (Lipinski definition) is 0. The van der Waals surface area contributed by atoms with E-state index in [1.165, 1.54) is 61.2 Å². The van der Waals surface area contributed by atoms with Crippen LogP contribution in [0.4, 0.5) is 17.1 Å². The Morgan fingerprint density at radius 1 is 0.354 bits per heavy atom. The summed E-state index contributed by atoms with van der Waals surface area (Å²) in [6.45, 7) is 2.39. The predicted molar refractivity (Wildman–Crippen MR) is 269 cm³/mol. The van der Waals surface area contributed by atoms with Crippen molar-refractivity contribution < 1.29 is 4.42 Å². The second-order valence-corrected chi connectivity index (χ2v) is 17.7. The highest BCUT2D eigenvalue weighted by Crippen LogP contribution is 2.60. The van der Waals surface area contributed by atoms with Crippen LogP contribution >= 0.6 is 0 Å². The Labute approximate surface area is 379 Å². The summed E-state index contributed by atoms with van der Waals surface area (Å²) in [6, 6.07) is 89.3. The SMILES string of the molecule is CC1(c2ccccc2)c2ccccc2-c2cc(N(c3cccc(-c4ccc5oc6ccccc6c5c4)c3)c3cccc4c3-c3ccccc3C4(c3ccccc3)c3ccccc3)ccc21. The van der Waals surface area contributed by atoms with Crippen LogP contribution in [0.2, 0.25) is 0 Å². The summed E-state index contributed by atoms with van der Waals surface area (Å²) in [5.41, 5.74) is 20.6. The van der Waals surface area contributed by atoms with Gasteiger partial charge in [-0.3, -0.25) is 0 Å². The van der Waals surface area contributed by atoms with Crippen LogP contribution in [0.3, 0.4) is 0 Å². The maximum absolute atomic E-state index is 6.27. The molecule has 0 spiro atoms. The van der Waals surface area contributed by atoms with E-state index in [0.717, 1.165) is 50.1 Å². The zero-order chi connectivity index (χ0) is 43.1. The molecule has 0 amide bonds. The van der Waals surface area contributed by atoms with Crippen LogP contribution in [0.5, 0.6) is 0 Å². The lowest BCUT2D eigenvalue weighted by molar-refractivity contribution is 0.669. The maximum atomic E-state index is 6.27. The molecule has 10 aromatic carbocycles. The molecule has 0 saturated heterocycles. The van der Waals surface area contributed by atoms with E-state index in [1.54, 1.807) is 0 Å². The molecular formula is C63H43NO. The second-order valence-electron chi connectivity index (χ2n) is 17.7. The van der Waals surface area contributed by atoms with Gasteiger partial charge in [0.15, 0.2) is 0 Å². The molecule has 1 aromatic heterocycles. The first kappa shape index (κ1) is 37.4. The van der Waals surface area contributed by atoms with Gasteiger partial charge in [0, 0.05) is 33.1 Å². The van der Waals surface area contributed by atoms with E-state index in [0.29, 0.717) is 0 Å². The lowest BCUT2D eigenvalue weighted by Gasteiger charge is -2.34. The Bertz CT molecular complexity index is 3580. The molecule has 11 aromatic rings. The number of furan rings is 1. The fourth-order valence-electron chi connectivity index (χ4n) is 11.5. The molecule has 1 atom stereocenters. The van der Waals surface area contributed by atoms with Crippen LogP contribution in [0, 0.1) is 0 Å². The summed E-state index contributed by atoms with van der Waals surface area (Å²) >= 11 is 0. The average Bonchev–Trinajstić information content (AvgIpc) is 4.00. The molecule has 65 heavy (non-hydrogen) atoms. The van der Waals surface area contributed by atoms with Crippen LogP contribution in [-0.4, -0.2) is 0 Å². The minimum Gasteiger partial charge on any atom is -0.456 e. The van der Waals surface area contributed by atoms with Crippen molar-refractivity contribution in [3.05, 3.63) is 282 Å². The van der Waals surface area contributed by atoms with Gasteiger partial charge < -0.3 is 9.32 Å². The number of hydrogen-bond acceptors (Lipinski definition) is 2. The van der Waals surface area contributed by atoms with Crippen molar-refractivity contribution in [1.29, 1.82) is 0 Å². The summed E-state index contributed by atoms with van der Waals surface area (Å²) in [5, 5.41) is 2.25. The molecule has 2 heteroatoms. The summed E-state index contributed by atoms with van der Waals surface area (Å²) in [7, 11) is 0. The Hall–Kier alpha value is -8.20. The van der Waals surface area contributed by atoms with E-state index in [1.807, 2.05) is 12.1 Å². The Morgan fingerprint density at radius 3 is 1.69 bits per heavy atom. The summed E-state index contributed by atoms with van der Waals surface area (Å²) in [6.07, 6.45) is 0. The highest BCUT2D eigenvalue weighted by molar-refractivity contribution is 6.06. The summed E-state index contributed by atoms with van der Waals surface area (Å²) < 4.78 is 6.27. The van der Waals surface area contributed by atoms with Crippen LogP contribution in [-0.2, 0) is 10.8 Å². The van der Waals surface area contributed by atoms with Gasteiger partial charge in [0.1, 0.15) is 11.2 Å². The first-order valence-electron chi connectivity index (χ1n) is 22.6. The lowest BCUT2D eigenvalue weighted by Crippen LogP contribution is -2.28. The molecule has 0 radical (unpaired) electrons. The molecule has 1 unspecified atom stereocenters. The monoisotopic (exact) mass is 829 g/mol. The number of fused-ring (bicyclic) bond motifs is 9. The first-order valence-corrected chi connectivity index (χ1v) is 22.6. The summed E-state index contributed by atoms with van der Waals surface area (Å²) in [4.78, 5) is 2.51. The fourth-order valence-corrected chi connectivity index (χ4v) is 11.5. The van der Waals surface area contributed by atoms with Gasteiger partial charge in [-0.1, -0.05) is 194 Å². The van der Waals surface area contributed by atoms with Crippen molar-refractivity contribution >= 4 is 39.0 Å². The standard InChI is InChI=1S/C63H43NO/c1-62(44-20-5-2-6-21-44)54-30-14-11-27-49(54)52-41-48(36-37-55(52)62)64(47-26-17-19-42(39-47)43-35-38-60-53(40-43)50-28-13-16-34-59(50)65-60)58-33-18-32-57-61(58)51-29-12-15-31-56(51)63(57,45-22-7-3-8-23-45)46-24-9-4-10-25-46/h2-41H,1H3. The molecule has 13 rings (SSSR count). The molecule has 2 aliphatic rings. The smallest absolute Gasteiger partial charge is 0.135 e. The van der Waals surface area contributed by atoms with Crippen molar-refractivity contribution in [2.45, 2.75) is 17.8 Å². The predicted octanol–water partition coefficient (Wildman–Crippen LogP) is 16.4. The van der Waals surface area contributed by atoms with E-state index in [-0.39, 0.29) is 5.41 Å². The third kappa shape index (κ3) is 5.41. The largest absolute Gasteiger partial charge is 0.456 e. The lowest BCUT2D eigenvalue weighted by atomic mass is 9.68. The van der Waals surface area contributed by atoms with Gasteiger partial charge in [0.2, 0.25) is 0 Å². The van der Waals surface area contributed by atoms with Crippen molar-refractivity contribution in [3.8, 4) is 33.4 Å². The van der Waals surface area contributed by atoms with Crippen molar-refractivity contribution in [2.75, 3.05) is 4.90 Å². The number of benzene rings is 10. The van der Waals surface area contributed by atoms with Gasteiger partial charge in [0.05, 0.1) is 11.1 Å². The zero-order valence-electron chi connectivity index (χ0n) is 35.9. The third-order valence-electron chi connectivity index (χ3n) is 14.4. The maximum Gasteiger partial charge on any atom is 0.135 e. The van der Waals surface area contributed by atoms with Gasteiger partial charge in [-0.2, -0.15) is 0 Å². The zero-order valence-corrected chi connectivity index (χ0v) is 35.9. The van der Waals surface area contributed by atoms with Gasteiger partial charge >= 0.3 is 0 Å². The van der Waals surface area contributed by atoms with E-state index in [9.17, 15) is 0 Å². The van der Waals surface area contributed by atoms with Gasteiger partial charge in [0.25, 0.3) is 0 Å². The molecule has 0 fully saturated rings. The van der Waals surface area contributed by atoms with E-state index in [4.69, 9.17) is 4.42 Å². The molecule has 0 N–H and O–H groups in total. The average molecular weight is 830 g/mol. The molecule has 306 valence electrons. The van der Waals surface area contributed by atoms with Crippen LogP contribution in [0.15, 0.2) is 247 Å². The molecule has 2 aliphatic carbocycles. The van der Waals surface area contributed by atoms with Crippen LogP contribution < -0.4 is 4.90 Å². The number of anilines is 3. The Kier molecular flexibility index (Phi) is 8.29. The molecular weight excluding hydrogens is 787 g/mol. The third-order valence-corrected chi connectivity index (χ3v) is 14.4. The van der Waals surface area contributed by atoms with Gasteiger partial charge in [-0.25, -0.2) is 0 Å². The molecule has 2 nitrogen and oxygen atoms in total. The first-order chi connectivity index (χ1) is 32.1. The minimum absolute atomic E-state index is 0.301. The molecule has 0 saturated carbocycles. The summed E-state index contributed by atoms with van der Waals surface area (Å²) in [5.74, 6) is 0.